The van der Waals surface area contributed by atoms with Crippen molar-refractivity contribution in [2.24, 2.45) is 4.99 Å². The zero-order valence-corrected chi connectivity index (χ0v) is 12.9. The van der Waals surface area contributed by atoms with E-state index in [1.54, 1.807) is 11.8 Å². The number of carbonyl (C=O) groups is 1. The maximum atomic E-state index is 11.9. The van der Waals surface area contributed by atoms with Crippen molar-refractivity contribution in [3.05, 3.63) is 35.9 Å². The van der Waals surface area contributed by atoms with E-state index in [2.05, 4.69) is 27.8 Å². The van der Waals surface area contributed by atoms with Crippen molar-refractivity contribution < 1.29 is 4.79 Å². The molecular weight excluding hydrogens is 270 g/mol. The van der Waals surface area contributed by atoms with E-state index in [1.165, 1.54) is 5.56 Å². The number of thioether (sulfide) groups is 1. The summed E-state index contributed by atoms with van der Waals surface area (Å²) >= 11 is 1.67. The predicted molar refractivity (Wildman–Crippen MR) is 85.0 cm³/mol. The second kappa shape index (κ2) is 6.79. The fourth-order valence-corrected chi connectivity index (χ4v) is 3.00. The van der Waals surface area contributed by atoms with Gasteiger partial charge in [0.2, 0.25) is 5.91 Å². The Morgan fingerprint density at radius 1 is 1.30 bits per heavy atom. The SMILES string of the molecule is CC(C)NC(=O)C(C)NC1=NC(c2ccccc2)CS1. The number of rotatable bonds is 4. The lowest BCUT2D eigenvalue weighted by molar-refractivity contribution is -0.122. The van der Waals surface area contributed by atoms with Crippen molar-refractivity contribution in [3.8, 4) is 0 Å². The van der Waals surface area contributed by atoms with Crippen LogP contribution in [-0.2, 0) is 4.79 Å². The van der Waals surface area contributed by atoms with Gasteiger partial charge in [-0.2, -0.15) is 0 Å². The molecule has 1 heterocycles. The summed E-state index contributed by atoms with van der Waals surface area (Å²) in [6, 6.07) is 10.3. The summed E-state index contributed by atoms with van der Waals surface area (Å²) < 4.78 is 0. The molecule has 2 rings (SSSR count). The molecule has 0 saturated heterocycles. The molecule has 4 nitrogen and oxygen atoms in total. The van der Waals surface area contributed by atoms with E-state index < -0.39 is 0 Å². The molecule has 20 heavy (non-hydrogen) atoms. The molecule has 0 bridgehead atoms. The molecule has 1 aliphatic heterocycles. The molecule has 0 radical (unpaired) electrons. The zero-order chi connectivity index (χ0) is 14.5. The molecule has 0 spiro atoms. The quantitative estimate of drug-likeness (QED) is 0.895. The largest absolute Gasteiger partial charge is 0.353 e. The number of benzene rings is 1. The van der Waals surface area contributed by atoms with Crippen LogP contribution in [0.15, 0.2) is 35.3 Å². The van der Waals surface area contributed by atoms with Gasteiger partial charge in [-0.1, -0.05) is 42.1 Å². The number of hydrogen-bond donors (Lipinski definition) is 2. The summed E-state index contributed by atoms with van der Waals surface area (Å²) in [5.41, 5.74) is 1.22. The van der Waals surface area contributed by atoms with E-state index in [4.69, 9.17) is 0 Å². The van der Waals surface area contributed by atoms with E-state index in [-0.39, 0.29) is 24.0 Å². The maximum absolute atomic E-state index is 11.9. The third-order valence-corrected chi connectivity index (χ3v) is 3.98. The summed E-state index contributed by atoms with van der Waals surface area (Å²) in [6.45, 7) is 5.77. The lowest BCUT2D eigenvalue weighted by atomic mass is 10.1. The first-order chi connectivity index (χ1) is 9.56. The third kappa shape index (κ3) is 4.00. The summed E-state index contributed by atoms with van der Waals surface area (Å²) in [7, 11) is 0. The van der Waals surface area contributed by atoms with Crippen LogP contribution in [0.1, 0.15) is 32.4 Å². The standard InChI is InChI=1S/C15H21N3OS/c1-10(2)16-14(19)11(3)17-15-18-13(9-20-15)12-7-5-4-6-8-12/h4-8,10-11,13H,9H2,1-3H3,(H,16,19)(H,17,18). The summed E-state index contributed by atoms with van der Waals surface area (Å²) in [6.07, 6.45) is 0. The van der Waals surface area contributed by atoms with E-state index in [0.717, 1.165) is 10.9 Å². The molecular formula is C15H21N3OS. The number of hydrogen-bond acceptors (Lipinski definition) is 4. The second-order valence-electron chi connectivity index (χ2n) is 5.20. The van der Waals surface area contributed by atoms with Crippen molar-refractivity contribution in [1.82, 2.24) is 10.6 Å². The van der Waals surface area contributed by atoms with Crippen molar-refractivity contribution in [1.29, 1.82) is 0 Å². The molecule has 1 aromatic carbocycles. The first-order valence-corrected chi connectivity index (χ1v) is 7.87. The van der Waals surface area contributed by atoms with Gasteiger partial charge in [-0.05, 0) is 26.3 Å². The Kier molecular flexibility index (Phi) is 5.06. The van der Waals surface area contributed by atoms with Crippen LogP contribution >= 0.6 is 11.8 Å². The first kappa shape index (κ1) is 14.9. The predicted octanol–water partition coefficient (Wildman–Crippen LogP) is 2.33. The molecule has 1 aromatic rings. The van der Waals surface area contributed by atoms with Crippen molar-refractivity contribution in [2.45, 2.75) is 38.9 Å². The highest BCUT2D eigenvalue weighted by molar-refractivity contribution is 8.14. The lowest BCUT2D eigenvalue weighted by Gasteiger charge is -2.16. The van der Waals surface area contributed by atoms with Crippen molar-refractivity contribution >= 4 is 22.8 Å². The van der Waals surface area contributed by atoms with Crippen molar-refractivity contribution in [3.63, 3.8) is 0 Å². The van der Waals surface area contributed by atoms with Crippen molar-refractivity contribution in [2.75, 3.05) is 5.75 Å². The summed E-state index contributed by atoms with van der Waals surface area (Å²) in [5.74, 6) is 0.927. The minimum absolute atomic E-state index is 0.00598. The fraction of sp³-hybridized carbons (Fsp3) is 0.467. The Balaban J connectivity index is 1.93. The second-order valence-corrected chi connectivity index (χ2v) is 6.21. The van der Waals surface area contributed by atoms with Gasteiger partial charge in [-0.3, -0.25) is 9.79 Å². The van der Waals surface area contributed by atoms with Crippen LogP contribution in [0, 0.1) is 0 Å². The molecule has 108 valence electrons. The van der Waals surface area contributed by atoms with Crippen LogP contribution in [0.3, 0.4) is 0 Å². The monoisotopic (exact) mass is 291 g/mol. The van der Waals surface area contributed by atoms with E-state index in [1.807, 2.05) is 39.0 Å². The van der Waals surface area contributed by atoms with Crippen LogP contribution in [0.4, 0.5) is 0 Å². The number of amides is 1. The molecule has 0 fully saturated rings. The lowest BCUT2D eigenvalue weighted by Crippen LogP contribution is -2.45. The Labute approximate surface area is 124 Å². The third-order valence-electron chi connectivity index (χ3n) is 3.00. The fourth-order valence-electron chi connectivity index (χ4n) is 1.96. The van der Waals surface area contributed by atoms with Gasteiger partial charge in [0, 0.05) is 11.8 Å². The van der Waals surface area contributed by atoms with Crippen LogP contribution < -0.4 is 10.6 Å². The summed E-state index contributed by atoms with van der Waals surface area (Å²) in [4.78, 5) is 16.5. The van der Waals surface area contributed by atoms with Gasteiger partial charge in [-0.15, -0.1) is 0 Å². The number of nitrogens with one attached hydrogen (secondary N) is 2. The molecule has 2 atom stereocenters. The van der Waals surface area contributed by atoms with Crippen LogP contribution in [-0.4, -0.2) is 28.9 Å². The minimum Gasteiger partial charge on any atom is -0.353 e. The molecule has 2 N–H and O–H groups in total. The number of nitrogens with zero attached hydrogens (tertiary/aromatic N) is 1. The molecule has 0 saturated carbocycles. The Morgan fingerprint density at radius 3 is 2.65 bits per heavy atom. The average molecular weight is 291 g/mol. The summed E-state index contributed by atoms with van der Waals surface area (Å²) in [5, 5.41) is 6.93. The van der Waals surface area contributed by atoms with Gasteiger partial charge in [-0.25, -0.2) is 0 Å². The van der Waals surface area contributed by atoms with Gasteiger partial charge in [0.1, 0.15) is 6.04 Å². The highest BCUT2D eigenvalue weighted by Crippen LogP contribution is 2.29. The Hall–Kier alpha value is -1.49. The normalized spacial score (nSPS) is 19.6. The van der Waals surface area contributed by atoms with Crippen LogP contribution in [0.2, 0.25) is 0 Å². The van der Waals surface area contributed by atoms with E-state index in [0.29, 0.717) is 0 Å². The smallest absolute Gasteiger partial charge is 0.242 e. The van der Waals surface area contributed by atoms with Crippen LogP contribution in [0.25, 0.3) is 0 Å². The average Bonchev–Trinajstić information content (AvgIpc) is 2.87. The Morgan fingerprint density at radius 2 is 2.00 bits per heavy atom. The maximum Gasteiger partial charge on any atom is 0.242 e. The van der Waals surface area contributed by atoms with Gasteiger partial charge in [0.25, 0.3) is 0 Å². The van der Waals surface area contributed by atoms with E-state index >= 15 is 0 Å². The molecule has 1 amide bonds. The highest BCUT2D eigenvalue weighted by Gasteiger charge is 2.22. The minimum atomic E-state index is -0.266. The molecule has 5 heteroatoms. The number of amidine groups is 1. The topological polar surface area (TPSA) is 53.5 Å². The molecule has 0 aliphatic carbocycles. The van der Waals surface area contributed by atoms with Gasteiger partial charge < -0.3 is 10.6 Å². The highest BCUT2D eigenvalue weighted by atomic mass is 32.2. The zero-order valence-electron chi connectivity index (χ0n) is 12.1. The van der Waals surface area contributed by atoms with Gasteiger partial charge in [0.05, 0.1) is 6.04 Å². The molecule has 0 aromatic heterocycles. The number of carbonyl (C=O) groups excluding carboxylic acids is 1. The molecule has 2 unspecified atom stereocenters. The first-order valence-electron chi connectivity index (χ1n) is 6.88. The van der Waals surface area contributed by atoms with Gasteiger partial charge >= 0.3 is 0 Å². The number of aliphatic imine (C=N–C) groups is 1. The van der Waals surface area contributed by atoms with Gasteiger partial charge in [0.15, 0.2) is 5.17 Å². The van der Waals surface area contributed by atoms with E-state index in [9.17, 15) is 4.79 Å². The molecule has 1 aliphatic rings. The Bertz CT molecular complexity index is 487. The van der Waals surface area contributed by atoms with Crippen LogP contribution in [0.5, 0.6) is 0 Å².